The molecule has 0 bridgehead atoms. The third-order valence-corrected chi connectivity index (χ3v) is 5.47. The Labute approximate surface area is 124 Å². The molecule has 0 heterocycles. The van der Waals surface area contributed by atoms with E-state index in [2.05, 4.69) is 5.32 Å². The number of carbonyl (C=O) groups excluding carboxylic acids is 1. The standard InChI is InChI=1S/C13H19ClN2O3S/c1-10(14)20(18,19)9-3-2-8-16-13(17)11-4-6-12(15)7-5-11/h4-7,10H,2-3,8-9,15H2,1H3,(H,16,17). The summed E-state index contributed by atoms with van der Waals surface area (Å²) in [6, 6.07) is 6.60. The second-order valence-corrected chi connectivity index (χ2v) is 7.85. The summed E-state index contributed by atoms with van der Waals surface area (Å²) in [6.45, 7) is 1.87. The smallest absolute Gasteiger partial charge is 0.251 e. The predicted octanol–water partition coefficient (Wildman–Crippen LogP) is 1.78. The quantitative estimate of drug-likeness (QED) is 0.455. The van der Waals surface area contributed by atoms with Gasteiger partial charge in [0.05, 0.1) is 5.75 Å². The third kappa shape index (κ3) is 5.38. The summed E-state index contributed by atoms with van der Waals surface area (Å²) in [5, 5.41) is 2.73. The van der Waals surface area contributed by atoms with Crippen LogP contribution in [0.5, 0.6) is 0 Å². The zero-order valence-corrected chi connectivity index (χ0v) is 12.9. The number of nitrogen functional groups attached to an aromatic ring is 1. The van der Waals surface area contributed by atoms with E-state index in [4.69, 9.17) is 17.3 Å². The van der Waals surface area contributed by atoms with Crippen molar-refractivity contribution in [3.63, 3.8) is 0 Å². The number of hydrogen-bond donors (Lipinski definition) is 2. The average molecular weight is 319 g/mol. The van der Waals surface area contributed by atoms with Gasteiger partial charge in [-0.1, -0.05) is 0 Å². The molecule has 0 radical (unpaired) electrons. The lowest BCUT2D eigenvalue weighted by molar-refractivity contribution is 0.0953. The van der Waals surface area contributed by atoms with Gasteiger partial charge in [0.25, 0.3) is 5.91 Å². The van der Waals surface area contributed by atoms with E-state index in [1.807, 2.05) is 0 Å². The summed E-state index contributed by atoms with van der Waals surface area (Å²) in [5.74, 6) is -0.159. The molecule has 1 aromatic carbocycles. The van der Waals surface area contributed by atoms with Crippen molar-refractivity contribution >= 4 is 33.0 Å². The van der Waals surface area contributed by atoms with Gasteiger partial charge in [-0.3, -0.25) is 4.79 Å². The Hall–Kier alpha value is -1.27. The van der Waals surface area contributed by atoms with Gasteiger partial charge in [0.2, 0.25) is 0 Å². The van der Waals surface area contributed by atoms with Gasteiger partial charge >= 0.3 is 0 Å². The van der Waals surface area contributed by atoms with Crippen molar-refractivity contribution in [2.45, 2.75) is 24.5 Å². The van der Waals surface area contributed by atoms with E-state index in [-0.39, 0.29) is 11.7 Å². The van der Waals surface area contributed by atoms with Crippen molar-refractivity contribution in [3.05, 3.63) is 29.8 Å². The summed E-state index contributed by atoms with van der Waals surface area (Å²) in [5.41, 5.74) is 6.66. The first-order valence-electron chi connectivity index (χ1n) is 6.32. The Bertz CT molecular complexity index is 541. The molecule has 0 aromatic heterocycles. The van der Waals surface area contributed by atoms with Crippen molar-refractivity contribution in [2.75, 3.05) is 18.0 Å². The van der Waals surface area contributed by atoms with Gasteiger partial charge in [0.1, 0.15) is 4.71 Å². The molecule has 112 valence electrons. The number of hydrogen-bond acceptors (Lipinski definition) is 4. The van der Waals surface area contributed by atoms with Gasteiger partial charge in [-0.2, -0.15) is 0 Å². The normalized spacial score (nSPS) is 12.9. The van der Waals surface area contributed by atoms with Gasteiger partial charge in [-0.05, 0) is 44.0 Å². The van der Waals surface area contributed by atoms with Crippen LogP contribution in [0.1, 0.15) is 30.1 Å². The first kappa shape index (κ1) is 16.8. The van der Waals surface area contributed by atoms with Crippen molar-refractivity contribution in [1.82, 2.24) is 5.32 Å². The van der Waals surface area contributed by atoms with Crippen LogP contribution >= 0.6 is 11.6 Å². The number of nitrogens with one attached hydrogen (secondary N) is 1. The number of rotatable bonds is 7. The Morgan fingerprint density at radius 1 is 1.30 bits per heavy atom. The van der Waals surface area contributed by atoms with Crippen LogP contribution in [-0.4, -0.2) is 31.3 Å². The van der Waals surface area contributed by atoms with E-state index in [1.54, 1.807) is 24.3 Å². The number of anilines is 1. The molecule has 0 saturated heterocycles. The number of unbranched alkanes of at least 4 members (excludes halogenated alkanes) is 1. The van der Waals surface area contributed by atoms with Crippen LogP contribution < -0.4 is 11.1 Å². The SMILES string of the molecule is CC(Cl)S(=O)(=O)CCCCNC(=O)c1ccc(N)cc1. The molecule has 0 aliphatic carbocycles. The summed E-state index contributed by atoms with van der Waals surface area (Å²) in [7, 11) is -3.22. The Balaban J connectivity index is 2.28. The van der Waals surface area contributed by atoms with Gasteiger partial charge < -0.3 is 11.1 Å². The lowest BCUT2D eigenvalue weighted by Gasteiger charge is -2.07. The second kappa shape index (κ2) is 7.50. The van der Waals surface area contributed by atoms with Crippen LogP contribution in [0.2, 0.25) is 0 Å². The van der Waals surface area contributed by atoms with Crippen LogP contribution in [0.15, 0.2) is 24.3 Å². The molecular formula is C13H19ClN2O3S. The summed E-state index contributed by atoms with van der Waals surface area (Å²) >= 11 is 5.56. The molecule has 0 aliphatic heterocycles. The minimum atomic E-state index is -3.22. The number of halogens is 1. The third-order valence-electron chi connectivity index (χ3n) is 2.81. The van der Waals surface area contributed by atoms with Crippen molar-refractivity contribution < 1.29 is 13.2 Å². The number of carbonyl (C=O) groups is 1. The van der Waals surface area contributed by atoms with Crippen LogP contribution in [-0.2, 0) is 9.84 Å². The van der Waals surface area contributed by atoms with E-state index in [0.717, 1.165) is 0 Å². The number of benzene rings is 1. The predicted molar refractivity (Wildman–Crippen MR) is 81.5 cm³/mol. The van der Waals surface area contributed by atoms with Crippen LogP contribution in [0.3, 0.4) is 0 Å². The van der Waals surface area contributed by atoms with E-state index in [0.29, 0.717) is 30.6 Å². The molecule has 0 aliphatic rings. The maximum Gasteiger partial charge on any atom is 0.251 e. The maximum absolute atomic E-state index is 11.7. The molecule has 1 unspecified atom stereocenters. The first-order valence-corrected chi connectivity index (χ1v) is 8.47. The number of alkyl halides is 1. The number of nitrogens with two attached hydrogens (primary N) is 1. The average Bonchev–Trinajstić information content (AvgIpc) is 2.38. The largest absolute Gasteiger partial charge is 0.399 e. The minimum Gasteiger partial charge on any atom is -0.399 e. The second-order valence-electron chi connectivity index (χ2n) is 4.50. The maximum atomic E-state index is 11.7. The van der Waals surface area contributed by atoms with E-state index in [1.165, 1.54) is 6.92 Å². The lowest BCUT2D eigenvalue weighted by Crippen LogP contribution is -2.25. The fourth-order valence-corrected chi connectivity index (χ4v) is 2.73. The van der Waals surface area contributed by atoms with Gasteiger partial charge in [-0.15, -0.1) is 11.6 Å². The van der Waals surface area contributed by atoms with E-state index >= 15 is 0 Å². The molecule has 1 amide bonds. The van der Waals surface area contributed by atoms with Crippen molar-refractivity contribution in [3.8, 4) is 0 Å². The zero-order valence-electron chi connectivity index (χ0n) is 11.3. The summed E-state index contributed by atoms with van der Waals surface area (Å²) in [4.78, 5) is 11.7. The Morgan fingerprint density at radius 3 is 2.45 bits per heavy atom. The lowest BCUT2D eigenvalue weighted by atomic mass is 10.2. The van der Waals surface area contributed by atoms with Crippen LogP contribution in [0, 0.1) is 0 Å². The molecule has 0 spiro atoms. The molecule has 1 rings (SSSR count). The molecule has 3 N–H and O–H groups in total. The molecule has 20 heavy (non-hydrogen) atoms. The molecule has 0 fully saturated rings. The Kier molecular flexibility index (Phi) is 6.29. The molecule has 7 heteroatoms. The molecule has 0 saturated carbocycles. The Morgan fingerprint density at radius 2 is 1.90 bits per heavy atom. The summed E-state index contributed by atoms with van der Waals surface area (Å²) < 4.78 is 22.0. The van der Waals surface area contributed by atoms with E-state index in [9.17, 15) is 13.2 Å². The topological polar surface area (TPSA) is 89.3 Å². The highest BCUT2D eigenvalue weighted by atomic mass is 35.5. The van der Waals surface area contributed by atoms with Crippen LogP contribution in [0.4, 0.5) is 5.69 Å². The van der Waals surface area contributed by atoms with Crippen LogP contribution in [0.25, 0.3) is 0 Å². The van der Waals surface area contributed by atoms with Gasteiger partial charge in [0.15, 0.2) is 9.84 Å². The molecular weight excluding hydrogens is 300 g/mol. The van der Waals surface area contributed by atoms with Crippen molar-refractivity contribution in [1.29, 1.82) is 0 Å². The fourth-order valence-electron chi connectivity index (χ4n) is 1.53. The molecule has 1 aromatic rings. The van der Waals surface area contributed by atoms with Gasteiger partial charge in [-0.25, -0.2) is 8.42 Å². The number of sulfone groups is 1. The van der Waals surface area contributed by atoms with Crippen molar-refractivity contribution in [2.24, 2.45) is 0 Å². The monoisotopic (exact) mass is 318 g/mol. The highest BCUT2D eigenvalue weighted by Gasteiger charge is 2.17. The highest BCUT2D eigenvalue weighted by Crippen LogP contribution is 2.09. The zero-order chi connectivity index (χ0) is 15.2. The highest BCUT2D eigenvalue weighted by molar-refractivity contribution is 7.93. The van der Waals surface area contributed by atoms with Gasteiger partial charge in [0, 0.05) is 17.8 Å². The minimum absolute atomic E-state index is 0.0371. The molecule has 1 atom stereocenters. The summed E-state index contributed by atoms with van der Waals surface area (Å²) in [6.07, 6.45) is 1.06. The first-order chi connectivity index (χ1) is 9.33. The number of amides is 1. The van der Waals surface area contributed by atoms with E-state index < -0.39 is 14.5 Å². The fraction of sp³-hybridized carbons (Fsp3) is 0.462. The molecule has 5 nitrogen and oxygen atoms in total.